The van der Waals surface area contributed by atoms with Crippen molar-refractivity contribution >= 4 is 11.7 Å². The number of carbonyl (C=O) groups is 1. The third-order valence-electron chi connectivity index (χ3n) is 3.36. The average molecular weight is 315 g/mol. The number of aliphatic hydroxyl groups excluding tert-OH is 1. The Bertz CT molecular complexity index is 703. The normalized spacial score (nSPS) is 10.1. The molecule has 2 amide bonds. The molecule has 2 aromatic rings. The van der Waals surface area contributed by atoms with Crippen LogP contribution in [0.4, 0.5) is 10.5 Å². The summed E-state index contributed by atoms with van der Waals surface area (Å²) in [6.07, 6.45) is 0. The Balaban J connectivity index is 1.90. The number of para-hydroxylation sites is 1. The Kier molecular flexibility index (Phi) is 5.65. The van der Waals surface area contributed by atoms with Gasteiger partial charge >= 0.3 is 6.03 Å². The zero-order valence-corrected chi connectivity index (χ0v) is 12.4. The summed E-state index contributed by atoms with van der Waals surface area (Å²) in [6.45, 7) is 0.222. The van der Waals surface area contributed by atoms with E-state index in [0.717, 1.165) is 11.1 Å². The highest BCUT2D eigenvalue weighted by Crippen LogP contribution is 2.17. The molecule has 3 N–H and O–H groups in total. The van der Waals surface area contributed by atoms with Crippen LogP contribution in [0.2, 0.25) is 0 Å². The van der Waals surface area contributed by atoms with Gasteiger partial charge in [-0.2, -0.15) is 0 Å². The maximum atomic E-state index is 11.8. The van der Waals surface area contributed by atoms with Gasteiger partial charge in [0.2, 0.25) is 0 Å². The fraction of sp³-hybridized carbons (Fsp3) is 0.188. The van der Waals surface area contributed by atoms with Crippen molar-refractivity contribution in [1.82, 2.24) is 10.6 Å². The number of nitro groups is 1. The van der Waals surface area contributed by atoms with Crippen LogP contribution in [0.25, 0.3) is 0 Å². The van der Waals surface area contributed by atoms with Gasteiger partial charge in [0.05, 0.1) is 18.1 Å². The molecule has 0 bridgehead atoms. The SMILES string of the molecule is O=C(NCc1ccccc1CO)NCc1ccccc1[N+](=O)[O-]. The molecule has 0 aromatic heterocycles. The van der Waals surface area contributed by atoms with E-state index in [-0.39, 0.29) is 25.4 Å². The largest absolute Gasteiger partial charge is 0.392 e. The molecule has 0 unspecified atom stereocenters. The van der Waals surface area contributed by atoms with Gasteiger partial charge in [-0.3, -0.25) is 10.1 Å². The number of rotatable bonds is 6. The van der Waals surface area contributed by atoms with Crippen LogP contribution in [0.1, 0.15) is 16.7 Å². The molecule has 0 aliphatic rings. The number of nitrogens with zero attached hydrogens (tertiary/aromatic N) is 1. The smallest absolute Gasteiger partial charge is 0.315 e. The first-order valence-electron chi connectivity index (χ1n) is 7.03. The van der Waals surface area contributed by atoms with Crippen LogP contribution in [0.3, 0.4) is 0 Å². The van der Waals surface area contributed by atoms with Crippen LogP contribution in [0, 0.1) is 10.1 Å². The van der Waals surface area contributed by atoms with Crippen molar-refractivity contribution in [2.75, 3.05) is 0 Å². The molecule has 120 valence electrons. The number of urea groups is 1. The minimum Gasteiger partial charge on any atom is -0.392 e. The molecule has 2 rings (SSSR count). The third kappa shape index (κ3) is 4.52. The molecule has 0 atom stereocenters. The Hall–Kier alpha value is -2.93. The number of nitrogens with one attached hydrogen (secondary N) is 2. The van der Waals surface area contributed by atoms with E-state index in [1.165, 1.54) is 6.07 Å². The zero-order chi connectivity index (χ0) is 16.7. The molecule has 0 fully saturated rings. The molecule has 2 aromatic carbocycles. The summed E-state index contributed by atoms with van der Waals surface area (Å²) in [7, 11) is 0. The summed E-state index contributed by atoms with van der Waals surface area (Å²) in [5.74, 6) is 0. The van der Waals surface area contributed by atoms with E-state index in [9.17, 15) is 20.0 Å². The molecule has 0 saturated heterocycles. The lowest BCUT2D eigenvalue weighted by atomic mass is 10.1. The van der Waals surface area contributed by atoms with Gasteiger partial charge in [0.1, 0.15) is 0 Å². The lowest BCUT2D eigenvalue weighted by Crippen LogP contribution is -2.34. The molecule has 0 radical (unpaired) electrons. The van der Waals surface area contributed by atoms with Gasteiger partial charge < -0.3 is 15.7 Å². The van der Waals surface area contributed by atoms with Crippen LogP contribution in [-0.2, 0) is 19.7 Å². The number of nitro benzene ring substituents is 1. The van der Waals surface area contributed by atoms with Crippen molar-refractivity contribution in [3.05, 3.63) is 75.3 Å². The second-order valence-electron chi connectivity index (χ2n) is 4.85. The lowest BCUT2D eigenvalue weighted by Gasteiger charge is -2.10. The topological polar surface area (TPSA) is 104 Å². The highest BCUT2D eigenvalue weighted by atomic mass is 16.6. The second-order valence-corrected chi connectivity index (χ2v) is 4.85. The van der Waals surface area contributed by atoms with Crippen molar-refractivity contribution < 1.29 is 14.8 Å². The molecule has 0 heterocycles. The fourth-order valence-corrected chi connectivity index (χ4v) is 2.14. The van der Waals surface area contributed by atoms with E-state index in [1.807, 2.05) is 18.2 Å². The van der Waals surface area contributed by atoms with Gasteiger partial charge in [-0.25, -0.2) is 4.79 Å². The van der Waals surface area contributed by atoms with E-state index in [2.05, 4.69) is 10.6 Å². The van der Waals surface area contributed by atoms with Gasteiger partial charge in [-0.05, 0) is 11.1 Å². The number of hydrogen-bond acceptors (Lipinski definition) is 4. The molecule has 0 saturated carbocycles. The Morgan fingerprint density at radius 2 is 1.48 bits per heavy atom. The molecule has 7 heteroatoms. The standard InChI is InChI=1S/C16H17N3O4/c20-11-14-7-2-1-5-12(14)9-17-16(21)18-10-13-6-3-4-8-15(13)19(22)23/h1-8,20H,9-11H2,(H2,17,18,21). The first-order valence-corrected chi connectivity index (χ1v) is 7.03. The summed E-state index contributed by atoms with van der Waals surface area (Å²) < 4.78 is 0. The van der Waals surface area contributed by atoms with Crippen molar-refractivity contribution in [3.8, 4) is 0 Å². The van der Waals surface area contributed by atoms with Crippen LogP contribution in [0.5, 0.6) is 0 Å². The summed E-state index contributed by atoms with van der Waals surface area (Å²) in [4.78, 5) is 22.2. The van der Waals surface area contributed by atoms with E-state index in [1.54, 1.807) is 24.3 Å². The van der Waals surface area contributed by atoms with Crippen molar-refractivity contribution in [2.45, 2.75) is 19.7 Å². The maximum Gasteiger partial charge on any atom is 0.315 e. The van der Waals surface area contributed by atoms with Gasteiger partial charge in [-0.1, -0.05) is 42.5 Å². The second kappa shape index (κ2) is 7.90. The van der Waals surface area contributed by atoms with Crippen molar-refractivity contribution in [2.24, 2.45) is 0 Å². The molecule has 0 spiro atoms. The predicted octanol–water partition coefficient (Wildman–Crippen LogP) is 2.09. The van der Waals surface area contributed by atoms with Gasteiger partial charge in [0.25, 0.3) is 5.69 Å². The summed E-state index contributed by atoms with van der Waals surface area (Å²) >= 11 is 0. The summed E-state index contributed by atoms with van der Waals surface area (Å²) in [5, 5.41) is 25.4. The van der Waals surface area contributed by atoms with Gasteiger partial charge in [0, 0.05) is 18.2 Å². The van der Waals surface area contributed by atoms with Gasteiger partial charge in [0.15, 0.2) is 0 Å². The molecule has 23 heavy (non-hydrogen) atoms. The van der Waals surface area contributed by atoms with Crippen LogP contribution < -0.4 is 10.6 Å². The first-order chi connectivity index (χ1) is 11.1. The van der Waals surface area contributed by atoms with Crippen molar-refractivity contribution in [1.29, 1.82) is 0 Å². The molecule has 7 nitrogen and oxygen atoms in total. The first kappa shape index (κ1) is 16.4. The highest BCUT2D eigenvalue weighted by Gasteiger charge is 2.12. The van der Waals surface area contributed by atoms with Gasteiger partial charge in [-0.15, -0.1) is 0 Å². The lowest BCUT2D eigenvalue weighted by molar-refractivity contribution is -0.385. The number of amides is 2. The Morgan fingerprint density at radius 3 is 2.09 bits per heavy atom. The van der Waals surface area contributed by atoms with Crippen molar-refractivity contribution in [3.63, 3.8) is 0 Å². The van der Waals surface area contributed by atoms with Crippen LogP contribution in [0.15, 0.2) is 48.5 Å². The molecular formula is C16H17N3O4. The zero-order valence-electron chi connectivity index (χ0n) is 12.4. The van der Waals surface area contributed by atoms with E-state index in [0.29, 0.717) is 5.56 Å². The van der Waals surface area contributed by atoms with Crippen LogP contribution >= 0.6 is 0 Å². The molecule has 0 aliphatic heterocycles. The van der Waals surface area contributed by atoms with Crippen LogP contribution in [-0.4, -0.2) is 16.1 Å². The quantitative estimate of drug-likeness (QED) is 0.560. The number of hydrogen-bond donors (Lipinski definition) is 3. The van der Waals surface area contributed by atoms with E-state index >= 15 is 0 Å². The predicted molar refractivity (Wildman–Crippen MR) is 84.5 cm³/mol. The summed E-state index contributed by atoms with van der Waals surface area (Å²) in [5.41, 5.74) is 1.96. The Labute approximate surface area is 133 Å². The summed E-state index contributed by atoms with van der Waals surface area (Å²) in [6, 6.07) is 13.0. The minimum atomic E-state index is -0.480. The fourth-order valence-electron chi connectivity index (χ4n) is 2.14. The number of benzene rings is 2. The highest BCUT2D eigenvalue weighted by molar-refractivity contribution is 5.74. The number of aliphatic hydroxyl groups is 1. The van der Waals surface area contributed by atoms with E-state index in [4.69, 9.17) is 0 Å². The molecular weight excluding hydrogens is 298 g/mol. The third-order valence-corrected chi connectivity index (χ3v) is 3.36. The maximum absolute atomic E-state index is 11.8. The average Bonchev–Trinajstić information content (AvgIpc) is 2.58. The molecule has 0 aliphatic carbocycles. The number of carbonyl (C=O) groups excluding carboxylic acids is 1. The monoisotopic (exact) mass is 315 g/mol. The minimum absolute atomic E-state index is 0.0292. The van der Waals surface area contributed by atoms with E-state index < -0.39 is 11.0 Å². The Morgan fingerprint density at radius 1 is 0.957 bits per heavy atom.